The van der Waals surface area contributed by atoms with Crippen molar-refractivity contribution in [3.05, 3.63) is 144 Å². The second kappa shape index (κ2) is 7.99. The largest absolute Gasteiger partial charge is 0.393 e. The van der Waals surface area contributed by atoms with E-state index in [4.69, 9.17) is 4.74 Å². The summed E-state index contributed by atoms with van der Waals surface area (Å²) in [5.41, 5.74) is 6.73. The van der Waals surface area contributed by atoms with Gasteiger partial charge in [-0.3, -0.25) is 9.59 Å². The molecular weight excluding hydrogens is 484 g/mol. The zero-order chi connectivity index (χ0) is 26.1. The molecule has 186 valence electrons. The summed E-state index contributed by atoms with van der Waals surface area (Å²) in [6.45, 7) is 4.79. The maximum Gasteiger partial charge on any atom is 0.318 e. The van der Waals surface area contributed by atoms with Crippen LogP contribution < -0.4 is 0 Å². The van der Waals surface area contributed by atoms with Crippen LogP contribution in [-0.2, 0) is 24.4 Å². The van der Waals surface area contributed by atoms with E-state index in [1.807, 2.05) is 24.3 Å². The Balaban J connectivity index is 1.76. The van der Waals surface area contributed by atoms with Gasteiger partial charge in [0.2, 0.25) is 0 Å². The Labute approximate surface area is 223 Å². The van der Waals surface area contributed by atoms with Crippen molar-refractivity contribution >= 4 is 31.2 Å². The molecule has 0 aliphatic carbocycles. The van der Waals surface area contributed by atoms with Crippen molar-refractivity contribution in [3.63, 3.8) is 0 Å². The molecule has 4 atom stereocenters. The van der Waals surface area contributed by atoms with Crippen LogP contribution in [0.3, 0.4) is 0 Å². The lowest BCUT2D eigenvalue weighted by Crippen LogP contribution is -2.58. The zero-order valence-electron chi connectivity index (χ0n) is 21.4. The van der Waals surface area contributed by atoms with Crippen LogP contribution >= 0.6 is 0 Å². The highest BCUT2D eigenvalue weighted by Gasteiger charge is 2.85. The van der Waals surface area contributed by atoms with E-state index < -0.39 is 30.0 Å². The molecule has 7 rings (SSSR count). The average molecular weight is 513 g/mol. The fraction of sp³-hybridized carbons (Fsp3) is 0.176. The van der Waals surface area contributed by atoms with Gasteiger partial charge in [0.15, 0.2) is 0 Å². The van der Waals surface area contributed by atoms with Gasteiger partial charge in [-0.15, -0.1) is 0 Å². The number of fused-ring (bicyclic) bond motifs is 5. The number of cyclic esters (lactones) is 2. The van der Waals surface area contributed by atoms with Crippen LogP contribution in [0.2, 0.25) is 13.1 Å². The Kier molecular flexibility index (Phi) is 4.86. The van der Waals surface area contributed by atoms with Gasteiger partial charge in [-0.25, -0.2) is 0 Å². The first-order chi connectivity index (χ1) is 18.5. The lowest BCUT2D eigenvalue weighted by molar-refractivity contribution is -0.154. The third-order valence-electron chi connectivity index (χ3n) is 9.57. The molecule has 2 fully saturated rings. The molecule has 3 nitrogen and oxygen atoms in total. The Morgan fingerprint density at radius 2 is 0.842 bits per heavy atom. The minimum atomic E-state index is -2.68. The molecule has 4 aromatic rings. The van der Waals surface area contributed by atoms with Crippen LogP contribution in [0.1, 0.15) is 22.3 Å². The molecule has 2 bridgehead atoms. The van der Waals surface area contributed by atoms with Gasteiger partial charge < -0.3 is 4.74 Å². The fourth-order valence-electron chi connectivity index (χ4n) is 8.50. The molecule has 3 aliphatic rings. The highest BCUT2D eigenvalue weighted by atomic mass is 28.3. The molecule has 3 aliphatic heterocycles. The van der Waals surface area contributed by atoms with Crippen LogP contribution in [0, 0.1) is 11.8 Å². The Bertz CT molecular complexity index is 1480. The SMILES string of the molecule is C[Si]1(C)[C@]2(c3ccccc3)C(c3ccccc3)=C(c3ccccc3)[C@@]1(c1ccccc1)[C@H]1C(=O)OC(=O)[C@H]12. The maximum atomic E-state index is 13.9. The number of rotatable bonds is 4. The van der Waals surface area contributed by atoms with Crippen molar-refractivity contribution in [1.82, 2.24) is 0 Å². The van der Waals surface area contributed by atoms with E-state index in [2.05, 4.69) is 110 Å². The molecule has 0 radical (unpaired) electrons. The normalized spacial score (nSPS) is 28.9. The summed E-state index contributed by atoms with van der Waals surface area (Å²) in [5.74, 6) is -1.94. The minimum Gasteiger partial charge on any atom is -0.393 e. The van der Waals surface area contributed by atoms with Crippen LogP contribution in [-0.4, -0.2) is 20.0 Å². The average Bonchev–Trinajstić information content (AvgIpc) is 3.44. The highest BCUT2D eigenvalue weighted by Crippen LogP contribution is 2.78. The van der Waals surface area contributed by atoms with Gasteiger partial charge in [0.05, 0.1) is 19.9 Å². The lowest BCUT2D eigenvalue weighted by Gasteiger charge is -2.45. The van der Waals surface area contributed by atoms with Crippen LogP contribution in [0.25, 0.3) is 11.1 Å². The molecule has 2 saturated heterocycles. The topological polar surface area (TPSA) is 43.4 Å². The third kappa shape index (κ3) is 2.54. The number of carbonyl (C=O) groups excluding carboxylic acids is 2. The standard InChI is InChI=1S/C34H28O3Si/c1-38(2)33(25-19-11-5-12-20-25)27(23-15-7-3-8-16-23)28(24-17-9-4-10-18-24)34(38,26-21-13-6-14-22-26)30-29(33)31(35)37-32(30)36/h3-22,29-30H,1-2H3/t29-,30+,33+,34-. The predicted octanol–water partition coefficient (Wildman–Crippen LogP) is 6.60. The van der Waals surface area contributed by atoms with E-state index in [1.54, 1.807) is 0 Å². The van der Waals surface area contributed by atoms with E-state index >= 15 is 0 Å². The van der Waals surface area contributed by atoms with E-state index in [0.29, 0.717) is 0 Å². The van der Waals surface area contributed by atoms with E-state index in [-0.39, 0.29) is 11.9 Å². The highest BCUT2D eigenvalue weighted by molar-refractivity contribution is 6.90. The van der Waals surface area contributed by atoms with Gasteiger partial charge >= 0.3 is 11.9 Å². The summed E-state index contributed by atoms with van der Waals surface area (Å²) >= 11 is 0. The quantitative estimate of drug-likeness (QED) is 0.176. The summed E-state index contributed by atoms with van der Waals surface area (Å²) in [6, 6.07) is 41.8. The molecule has 0 N–H and O–H groups in total. The third-order valence-corrected chi connectivity index (χ3v) is 15.2. The second-order valence-corrected chi connectivity index (χ2v) is 16.0. The summed E-state index contributed by atoms with van der Waals surface area (Å²) < 4.78 is 5.58. The van der Waals surface area contributed by atoms with Crippen LogP contribution in [0.15, 0.2) is 121 Å². The van der Waals surface area contributed by atoms with E-state index in [0.717, 1.165) is 22.3 Å². The second-order valence-electron chi connectivity index (χ2n) is 11.2. The van der Waals surface area contributed by atoms with Gasteiger partial charge in [-0.2, -0.15) is 0 Å². The van der Waals surface area contributed by atoms with Crippen LogP contribution in [0.4, 0.5) is 0 Å². The predicted molar refractivity (Wildman–Crippen MR) is 151 cm³/mol. The molecule has 4 aromatic carbocycles. The molecule has 3 heterocycles. The van der Waals surface area contributed by atoms with E-state index in [9.17, 15) is 9.59 Å². The molecule has 0 unspecified atom stereocenters. The Hall–Kier alpha value is -4.02. The number of esters is 2. The van der Waals surface area contributed by atoms with Gasteiger partial charge in [-0.05, 0) is 33.4 Å². The van der Waals surface area contributed by atoms with Crippen molar-refractivity contribution < 1.29 is 14.3 Å². The van der Waals surface area contributed by atoms with Crippen molar-refractivity contribution in [2.24, 2.45) is 11.8 Å². The molecule has 0 aromatic heterocycles. The zero-order valence-corrected chi connectivity index (χ0v) is 22.4. The number of hydrogen-bond donors (Lipinski definition) is 0. The molecule has 0 amide bonds. The Morgan fingerprint density at radius 1 is 0.526 bits per heavy atom. The van der Waals surface area contributed by atoms with Gasteiger partial charge in [0.1, 0.15) is 0 Å². The smallest absolute Gasteiger partial charge is 0.318 e. The first-order valence-electron chi connectivity index (χ1n) is 13.2. The van der Waals surface area contributed by atoms with Crippen molar-refractivity contribution in [3.8, 4) is 0 Å². The number of allylic oxidation sites excluding steroid dienone is 2. The summed E-state index contributed by atoms with van der Waals surface area (Å²) in [6.07, 6.45) is 0. The number of carbonyl (C=O) groups is 2. The first-order valence-corrected chi connectivity index (χ1v) is 16.2. The molecule has 38 heavy (non-hydrogen) atoms. The number of hydrogen-bond acceptors (Lipinski definition) is 3. The monoisotopic (exact) mass is 512 g/mol. The molecular formula is C34H28O3Si. The van der Waals surface area contributed by atoms with E-state index in [1.165, 1.54) is 11.1 Å². The fourth-order valence-corrected chi connectivity index (χ4v) is 14.8. The number of ether oxygens (including phenoxy) is 1. The first kappa shape index (κ1) is 23.1. The lowest BCUT2D eigenvalue weighted by atomic mass is 9.59. The van der Waals surface area contributed by atoms with Crippen molar-refractivity contribution in [2.45, 2.75) is 23.2 Å². The summed E-state index contributed by atoms with van der Waals surface area (Å²) in [5, 5.41) is -1.32. The maximum absolute atomic E-state index is 13.9. The summed E-state index contributed by atoms with van der Waals surface area (Å²) in [4.78, 5) is 27.7. The number of benzene rings is 4. The molecule has 0 saturated carbocycles. The molecule has 4 heteroatoms. The Morgan fingerprint density at radius 3 is 1.18 bits per heavy atom. The van der Waals surface area contributed by atoms with Gasteiger partial charge in [-0.1, -0.05) is 134 Å². The van der Waals surface area contributed by atoms with Crippen LogP contribution in [0.5, 0.6) is 0 Å². The van der Waals surface area contributed by atoms with Crippen molar-refractivity contribution in [1.29, 1.82) is 0 Å². The molecule has 0 spiro atoms. The van der Waals surface area contributed by atoms with Gasteiger partial charge in [0.25, 0.3) is 0 Å². The minimum absolute atomic E-state index is 0.386. The van der Waals surface area contributed by atoms with Gasteiger partial charge in [0, 0.05) is 10.1 Å². The summed E-state index contributed by atoms with van der Waals surface area (Å²) in [7, 11) is -2.68. The van der Waals surface area contributed by atoms with Crippen molar-refractivity contribution in [2.75, 3.05) is 0 Å².